The van der Waals surface area contributed by atoms with E-state index >= 15 is 0 Å². The summed E-state index contributed by atoms with van der Waals surface area (Å²) < 4.78 is 24.5. The molecule has 0 atom stereocenters. The van der Waals surface area contributed by atoms with Gasteiger partial charge >= 0.3 is 12.1 Å². The minimum absolute atomic E-state index is 0.227. The third-order valence-corrected chi connectivity index (χ3v) is 5.17. The second kappa shape index (κ2) is 10.7. The average molecular weight is 419 g/mol. The van der Waals surface area contributed by atoms with Crippen LogP contribution in [-0.4, -0.2) is 49.4 Å². The first-order chi connectivity index (χ1) is 14.5. The number of halogens is 1. The normalized spacial score (nSPS) is 20.8. The molecule has 1 fully saturated rings. The maximum absolute atomic E-state index is 13.7. The molecule has 2 N–H and O–H groups in total. The lowest BCUT2D eigenvalue weighted by Gasteiger charge is -2.29. The monoisotopic (exact) mass is 419 g/mol. The van der Waals surface area contributed by atoms with Gasteiger partial charge in [-0.1, -0.05) is 6.07 Å². The van der Waals surface area contributed by atoms with Crippen LogP contribution in [0.5, 0.6) is 0 Å². The Morgan fingerprint density at radius 2 is 1.93 bits per heavy atom. The summed E-state index contributed by atoms with van der Waals surface area (Å²) >= 11 is 0. The number of aliphatic imine (C=N–C) groups is 1. The van der Waals surface area contributed by atoms with E-state index in [1.807, 2.05) is 0 Å². The van der Waals surface area contributed by atoms with Crippen LogP contribution in [0.2, 0.25) is 0 Å². The van der Waals surface area contributed by atoms with Gasteiger partial charge in [0.25, 0.3) is 0 Å². The molecule has 2 aliphatic rings. The first-order valence-electron chi connectivity index (χ1n) is 10.00. The van der Waals surface area contributed by atoms with Crippen molar-refractivity contribution in [3.8, 4) is 0 Å². The molecule has 1 aromatic rings. The Labute approximate surface area is 174 Å². The van der Waals surface area contributed by atoms with Crippen molar-refractivity contribution in [3.63, 3.8) is 0 Å². The number of amidine groups is 1. The lowest BCUT2D eigenvalue weighted by Crippen LogP contribution is -2.43. The van der Waals surface area contributed by atoms with Crippen LogP contribution in [0.15, 0.2) is 41.7 Å². The number of hydrogen-bond donors (Lipinski definition) is 2. The SMILES string of the molecule is O=C(O)COCC1CCC(COC(=O)N(C2=NC=CNC2)c2cccc(F)c2)CC1. The number of anilines is 1. The molecule has 162 valence electrons. The summed E-state index contributed by atoms with van der Waals surface area (Å²) in [6, 6.07) is 5.75. The standard InChI is InChI=1S/C21H26FN3O5/c22-17-2-1-3-18(10-17)25(19-11-23-8-9-24-19)21(28)30-13-16-6-4-15(5-7-16)12-29-14-20(26)27/h1-3,8-10,15-16,23H,4-7,11-14H2,(H,26,27). The maximum atomic E-state index is 13.7. The number of carboxylic acid groups (broad SMARTS) is 1. The van der Waals surface area contributed by atoms with Crippen molar-refractivity contribution >= 4 is 23.6 Å². The number of carboxylic acids is 1. The van der Waals surface area contributed by atoms with Crippen LogP contribution in [0.3, 0.4) is 0 Å². The van der Waals surface area contributed by atoms with Gasteiger partial charge in [-0.3, -0.25) is 0 Å². The first-order valence-corrected chi connectivity index (χ1v) is 10.00. The Hall–Kier alpha value is -2.94. The van der Waals surface area contributed by atoms with Crippen LogP contribution >= 0.6 is 0 Å². The molecule has 0 saturated heterocycles. The second-order valence-electron chi connectivity index (χ2n) is 7.43. The molecular weight excluding hydrogens is 393 g/mol. The molecule has 0 aromatic heterocycles. The molecule has 1 aromatic carbocycles. The summed E-state index contributed by atoms with van der Waals surface area (Å²) in [5.41, 5.74) is 0.357. The van der Waals surface area contributed by atoms with Crippen molar-refractivity contribution < 1.29 is 28.6 Å². The minimum atomic E-state index is -0.966. The van der Waals surface area contributed by atoms with Crippen molar-refractivity contribution in [1.82, 2.24) is 5.32 Å². The Balaban J connectivity index is 1.53. The number of carbonyl (C=O) groups excluding carboxylic acids is 1. The van der Waals surface area contributed by atoms with E-state index in [9.17, 15) is 14.0 Å². The Morgan fingerprint density at radius 3 is 2.57 bits per heavy atom. The van der Waals surface area contributed by atoms with E-state index in [1.54, 1.807) is 12.3 Å². The molecule has 3 rings (SSSR count). The Morgan fingerprint density at radius 1 is 1.20 bits per heavy atom. The lowest BCUT2D eigenvalue weighted by atomic mass is 9.83. The van der Waals surface area contributed by atoms with Gasteiger partial charge in [-0.05, 0) is 55.7 Å². The molecule has 1 saturated carbocycles. The van der Waals surface area contributed by atoms with Crippen molar-refractivity contribution in [2.75, 3.05) is 31.3 Å². The maximum Gasteiger partial charge on any atom is 0.419 e. The topological polar surface area (TPSA) is 100 Å². The zero-order valence-electron chi connectivity index (χ0n) is 16.6. The number of benzene rings is 1. The molecule has 30 heavy (non-hydrogen) atoms. The Kier molecular flexibility index (Phi) is 7.78. The summed E-state index contributed by atoms with van der Waals surface area (Å²) in [7, 11) is 0. The quantitative estimate of drug-likeness (QED) is 0.704. The number of hydrogen-bond acceptors (Lipinski definition) is 6. The van der Waals surface area contributed by atoms with Gasteiger partial charge in [0, 0.05) is 12.4 Å². The zero-order valence-corrected chi connectivity index (χ0v) is 16.6. The second-order valence-corrected chi connectivity index (χ2v) is 7.43. The van der Waals surface area contributed by atoms with Crippen molar-refractivity contribution in [1.29, 1.82) is 0 Å². The van der Waals surface area contributed by atoms with E-state index < -0.39 is 17.9 Å². The Bertz CT molecular complexity index is 806. The predicted octanol–water partition coefficient (Wildman–Crippen LogP) is 3.15. The fourth-order valence-corrected chi connectivity index (χ4v) is 3.62. The molecule has 1 aliphatic heterocycles. The highest BCUT2D eigenvalue weighted by atomic mass is 19.1. The number of amides is 1. The van der Waals surface area contributed by atoms with Gasteiger partial charge in [0.1, 0.15) is 18.3 Å². The molecule has 0 bridgehead atoms. The molecule has 8 nitrogen and oxygen atoms in total. The van der Waals surface area contributed by atoms with Gasteiger partial charge in [-0.15, -0.1) is 0 Å². The van der Waals surface area contributed by atoms with Crippen LogP contribution in [-0.2, 0) is 14.3 Å². The highest BCUT2D eigenvalue weighted by Crippen LogP contribution is 2.29. The molecule has 1 amide bonds. The molecule has 1 heterocycles. The van der Waals surface area contributed by atoms with Gasteiger partial charge in [-0.25, -0.2) is 23.9 Å². The summed E-state index contributed by atoms with van der Waals surface area (Å²) in [5.74, 6) is -0.437. The van der Waals surface area contributed by atoms with Crippen LogP contribution in [0.25, 0.3) is 0 Å². The zero-order chi connectivity index (χ0) is 21.3. The number of nitrogens with one attached hydrogen (secondary N) is 1. The van der Waals surface area contributed by atoms with Gasteiger partial charge < -0.3 is 19.9 Å². The first kappa shape index (κ1) is 21.8. The smallest absolute Gasteiger partial charge is 0.419 e. The summed E-state index contributed by atoms with van der Waals surface area (Å²) in [5, 5.41) is 11.6. The van der Waals surface area contributed by atoms with Crippen LogP contribution in [0.4, 0.5) is 14.9 Å². The van der Waals surface area contributed by atoms with Gasteiger partial charge in [0.05, 0.1) is 25.4 Å². The summed E-state index contributed by atoms with van der Waals surface area (Å²) in [6.45, 7) is 0.751. The fraction of sp³-hybridized carbons (Fsp3) is 0.476. The average Bonchev–Trinajstić information content (AvgIpc) is 2.74. The highest BCUT2D eigenvalue weighted by molar-refractivity contribution is 6.15. The number of aliphatic carboxylic acids is 1. The molecule has 0 unspecified atom stereocenters. The van der Waals surface area contributed by atoms with E-state index in [0.29, 0.717) is 30.6 Å². The summed E-state index contributed by atoms with van der Waals surface area (Å²) in [6.07, 6.45) is 6.15. The van der Waals surface area contributed by atoms with Crippen molar-refractivity contribution in [3.05, 3.63) is 42.5 Å². The van der Waals surface area contributed by atoms with E-state index in [2.05, 4.69) is 10.3 Å². The predicted molar refractivity (Wildman–Crippen MR) is 109 cm³/mol. The number of rotatable bonds is 7. The van der Waals surface area contributed by atoms with E-state index in [4.69, 9.17) is 14.6 Å². The van der Waals surface area contributed by atoms with Crippen molar-refractivity contribution in [2.24, 2.45) is 16.8 Å². The summed E-state index contributed by atoms with van der Waals surface area (Å²) in [4.78, 5) is 28.9. The number of carbonyl (C=O) groups is 2. The molecule has 9 heteroatoms. The minimum Gasteiger partial charge on any atom is -0.480 e. The van der Waals surface area contributed by atoms with Crippen LogP contribution in [0, 0.1) is 17.7 Å². The van der Waals surface area contributed by atoms with E-state index in [1.165, 1.54) is 29.3 Å². The number of ether oxygens (including phenoxy) is 2. The van der Waals surface area contributed by atoms with Crippen LogP contribution < -0.4 is 10.2 Å². The molecule has 0 spiro atoms. The highest BCUT2D eigenvalue weighted by Gasteiger charge is 2.27. The fourth-order valence-electron chi connectivity index (χ4n) is 3.62. The van der Waals surface area contributed by atoms with E-state index in [-0.39, 0.29) is 19.1 Å². The van der Waals surface area contributed by atoms with Gasteiger partial charge in [-0.2, -0.15) is 0 Å². The third-order valence-electron chi connectivity index (χ3n) is 5.17. The van der Waals surface area contributed by atoms with Gasteiger partial charge in [0.15, 0.2) is 0 Å². The largest absolute Gasteiger partial charge is 0.480 e. The number of nitrogens with zero attached hydrogens (tertiary/aromatic N) is 2. The third kappa shape index (κ3) is 6.28. The van der Waals surface area contributed by atoms with E-state index in [0.717, 1.165) is 25.7 Å². The van der Waals surface area contributed by atoms with Crippen LogP contribution in [0.1, 0.15) is 25.7 Å². The molecule has 1 aliphatic carbocycles. The van der Waals surface area contributed by atoms with Gasteiger partial charge in [0.2, 0.25) is 0 Å². The van der Waals surface area contributed by atoms with Crippen molar-refractivity contribution in [2.45, 2.75) is 25.7 Å². The molecular formula is C21H26FN3O5. The molecule has 0 radical (unpaired) electrons. The lowest BCUT2D eigenvalue weighted by molar-refractivity contribution is -0.142.